The van der Waals surface area contributed by atoms with Crippen molar-refractivity contribution in [2.24, 2.45) is 0 Å². The van der Waals surface area contributed by atoms with Crippen LogP contribution in [0.4, 0.5) is 4.79 Å². The first-order valence-electron chi connectivity index (χ1n) is 5.60. The number of aromatic nitrogens is 2. The van der Waals surface area contributed by atoms with Gasteiger partial charge in [-0.15, -0.1) is 0 Å². The van der Waals surface area contributed by atoms with Crippen LogP contribution in [0.5, 0.6) is 0 Å². The lowest BCUT2D eigenvalue weighted by Gasteiger charge is -2.18. The summed E-state index contributed by atoms with van der Waals surface area (Å²) in [5.41, 5.74) is -0.631. The standard InChI is InChI=1S/C12H16N2O5/c1-12(2,3)19-11(17)14-6-8(13-7-14)9(15)5-10(16)18-4/h6-7H,5H2,1-4H3. The van der Waals surface area contributed by atoms with Crippen LogP contribution in [-0.2, 0) is 14.3 Å². The Hall–Kier alpha value is -2.18. The minimum Gasteiger partial charge on any atom is -0.469 e. The number of hydrogen-bond acceptors (Lipinski definition) is 6. The molecule has 1 aromatic heterocycles. The highest BCUT2D eigenvalue weighted by atomic mass is 16.6. The van der Waals surface area contributed by atoms with Gasteiger partial charge in [0.15, 0.2) is 5.78 Å². The molecule has 0 saturated heterocycles. The second-order valence-corrected chi connectivity index (χ2v) is 4.82. The van der Waals surface area contributed by atoms with E-state index in [2.05, 4.69) is 9.72 Å². The predicted octanol–water partition coefficient (Wildman–Crippen LogP) is 1.41. The van der Waals surface area contributed by atoms with Crippen molar-refractivity contribution in [1.29, 1.82) is 0 Å². The average Bonchev–Trinajstić information content (AvgIpc) is 2.75. The zero-order valence-electron chi connectivity index (χ0n) is 11.3. The van der Waals surface area contributed by atoms with Crippen molar-refractivity contribution in [1.82, 2.24) is 9.55 Å². The maximum Gasteiger partial charge on any atom is 0.419 e. The van der Waals surface area contributed by atoms with E-state index in [0.29, 0.717) is 0 Å². The van der Waals surface area contributed by atoms with Gasteiger partial charge in [0.05, 0.1) is 7.11 Å². The Morgan fingerprint density at radius 1 is 1.32 bits per heavy atom. The molecule has 1 aromatic rings. The van der Waals surface area contributed by atoms with Gasteiger partial charge in [0.2, 0.25) is 0 Å². The van der Waals surface area contributed by atoms with E-state index in [-0.39, 0.29) is 5.69 Å². The number of rotatable bonds is 3. The monoisotopic (exact) mass is 268 g/mol. The Labute approximate surface area is 110 Å². The molecule has 0 bridgehead atoms. The molecule has 19 heavy (non-hydrogen) atoms. The van der Waals surface area contributed by atoms with Crippen molar-refractivity contribution in [3.05, 3.63) is 18.2 Å². The van der Waals surface area contributed by atoms with E-state index in [4.69, 9.17) is 4.74 Å². The fraction of sp³-hybridized carbons (Fsp3) is 0.500. The summed E-state index contributed by atoms with van der Waals surface area (Å²) in [4.78, 5) is 38.0. The highest BCUT2D eigenvalue weighted by Crippen LogP contribution is 2.10. The second-order valence-electron chi connectivity index (χ2n) is 4.82. The molecule has 0 atom stereocenters. The summed E-state index contributed by atoms with van der Waals surface area (Å²) >= 11 is 0. The summed E-state index contributed by atoms with van der Waals surface area (Å²) in [5.74, 6) is -1.18. The summed E-state index contributed by atoms with van der Waals surface area (Å²) in [6, 6.07) is 0. The van der Waals surface area contributed by atoms with E-state index in [0.717, 1.165) is 4.57 Å². The van der Waals surface area contributed by atoms with Gasteiger partial charge in [-0.3, -0.25) is 9.59 Å². The van der Waals surface area contributed by atoms with Gasteiger partial charge in [-0.2, -0.15) is 0 Å². The largest absolute Gasteiger partial charge is 0.469 e. The Bertz CT molecular complexity index is 498. The van der Waals surface area contributed by atoms with E-state index in [1.807, 2.05) is 0 Å². The van der Waals surface area contributed by atoms with Gasteiger partial charge in [-0.05, 0) is 20.8 Å². The summed E-state index contributed by atoms with van der Waals surface area (Å²) in [7, 11) is 1.19. The Balaban J connectivity index is 2.74. The molecule has 0 aliphatic carbocycles. The number of carbonyl (C=O) groups is 3. The molecule has 7 heteroatoms. The summed E-state index contributed by atoms with van der Waals surface area (Å²) < 4.78 is 10.5. The normalized spacial score (nSPS) is 10.9. The van der Waals surface area contributed by atoms with Gasteiger partial charge in [-0.25, -0.2) is 14.3 Å². The van der Waals surface area contributed by atoms with Crippen LogP contribution in [0.15, 0.2) is 12.5 Å². The molecular weight excluding hydrogens is 252 g/mol. The molecule has 0 saturated carbocycles. The number of ether oxygens (including phenoxy) is 2. The SMILES string of the molecule is COC(=O)CC(=O)c1cn(C(=O)OC(C)(C)C)cn1. The summed E-state index contributed by atoms with van der Waals surface area (Å²) in [5, 5.41) is 0. The van der Waals surface area contributed by atoms with Gasteiger partial charge in [0.1, 0.15) is 24.0 Å². The number of nitrogens with zero attached hydrogens (tertiary/aromatic N) is 2. The van der Waals surface area contributed by atoms with E-state index >= 15 is 0 Å². The van der Waals surface area contributed by atoms with Crippen LogP contribution < -0.4 is 0 Å². The van der Waals surface area contributed by atoms with Crippen molar-refractivity contribution in [3.63, 3.8) is 0 Å². The second kappa shape index (κ2) is 5.64. The van der Waals surface area contributed by atoms with Crippen LogP contribution >= 0.6 is 0 Å². The lowest BCUT2D eigenvalue weighted by molar-refractivity contribution is -0.139. The summed E-state index contributed by atoms with van der Waals surface area (Å²) in [6.45, 7) is 5.18. The Morgan fingerprint density at radius 2 is 1.95 bits per heavy atom. The molecule has 0 N–H and O–H groups in total. The highest BCUT2D eigenvalue weighted by Gasteiger charge is 2.20. The minimum atomic E-state index is -0.656. The van der Waals surface area contributed by atoms with Crippen molar-refractivity contribution >= 4 is 17.8 Å². The number of imidazole rings is 1. The Kier molecular flexibility index (Phi) is 4.42. The number of methoxy groups -OCH3 is 1. The molecule has 104 valence electrons. The third-order valence-corrected chi connectivity index (χ3v) is 2.01. The molecule has 1 rings (SSSR count). The minimum absolute atomic E-state index is 0.0104. The fourth-order valence-electron chi connectivity index (χ4n) is 1.18. The molecule has 0 aromatic carbocycles. The maximum atomic E-state index is 11.7. The fourth-order valence-corrected chi connectivity index (χ4v) is 1.18. The molecule has 0 fully saturated rings. The van der Waals surface area contributed by atoms with E-state index < -0.39 is 29.9 Å². The van der Waals surface area contributed by atoms with Crippen molar-refractivity contribution in [3.8, 4) is 0 Å². The van der Waals surface area contributed by atoms with Gasteiger partial charge in [-0.1, -0.05) is 0 Å². The third-order valence-electron chi connectivity index (χ3n) is 2.01. The van der Waals surface area contributed by atoms with E-state index in [1.54, 1.807) is 20.8 Å². The topological polar surface area (TPSA) is 87.5 Å². The van der Waals surface area contributed by atoms with E-state index in [9.17, 15) is 14.4 Å². The smallest absolute Gasteiger partial charge is 0.419 e. The maximum absolute atomic E-state index is 11.7. The highest BCUT2D eigenvalue weighted by molar-refractivity contribution is 6.04. The van der Waals surface area contributed by atoms with Crippen molar-refractivity contribution < 1.29 is 23.9 Å². The molecule has 0 spiro atoms. The van der Waals surface area contributed by atoms with Crippen molar-refractivity contribution in [2.45, 2.75) is 32.8 Å². The number of carbonyl (C=O) groups excluding carboxylic acids is 3. The van der Waals surface area contributed by atoms with Gasteiger partial charge in [0.25, 0.3) is 0 Å². The molecule has 1 heterocycles. The van der Waals surface area contributed by atoms with Crippen LogP contribution in [0, 0.1) is 0 Å². The third kappa shape index (κ3) is 4.53. The van der Waals surface area contributed by atoms with Gasteiger partial charge >= 0.3 is 12.1 Å². The zero-order chi connectivity index (χ0) is 14.6. The average molecular weight is 268 g/mol. The number of Topliss-reactive ketones (excluding diaryl/α,β-unsaturated/α-hetero) is 1. The van der Waals surface area contributed by atoms with Crippen LogP contribution in [0.2, 0.25) is 0 Å². The lowest BCUT2D eigenvalue weighted by atomic mass is 10.2. The molecule has 0 unspecified atom stereocenters. The van der Waals surface area contributed by atoms with E-state index in [1.165, 1.54) is 19.6 Å². The van der Waals surface area contributed by atoms with Gasteiger partial charge in [0, 0.05) is 6.20 Å². The molecule has 0 radical (unpaired) electrons. The van der Waals surface area contributed by atoms with Crippen LogP contribution in [0.3, 0.4) is 0 Å². The molecule has 0 aliphatic heterocycles. The van der Waals surface area contributed by atoms with Crippen molar-refractivity contribution in [2.75, 3.05) is 7.11 Å². The van der Waals surface area contributed by atoms with Crippen LogP contribution in [0.25, 0.3) is 0 Å². The number of esters is 1. The molecular formula is C12H16N2O5. The first-order chi connectivity index (χ1) is 8.73. The quantitative estimate of drug-likeness (QED) is 0.468. The molecule has 0 aliphatic rings. The van der Waals surface area contributed by atoms with Gasteiger partial charge < -0.3 is 9.47 Å². The molecule has 7 nitrogen and oxygen atoms in total. The first kappa shape index (κ1) is 14.9. The molecule has 0 amide bonds. The lowest BCUT2D eigenvalue weighted by Crippen LogP contribution is -2.26. The number of ketones is 1. The summed E-state index contributed by atoms with van der Waals surface area (Å²) in [6.07, 6.45) is 1.33. The zero-order valence-corrected chi connectivity index (χ0v) is 11.3. The van der Waals surface area contributed by atoms with Crippen LogP contribution in [-0.4, -0.2) is 40.1 Å². The Morgan fingerprint density at radius 3 is 2.47 bits per heavy atom. The number of hydrogen-bond donors (Lipinski definition) is 0. The van der Waals surface area contributed by atoms with Crippen LogP contribution in [0.1, 0.15) is 37.7 Å². The predicted molar refractivity (Wildman–Crippen MR) is 64.8 cm³/mol. The first-order valence-corrected chi connectivity index (χ1v) is 5.60.